The average molecular weight is 224 g/mol. The van der Waals surface area contributed by atoms with Crippen molar-refractivity contribution in [3.8, 4) is 0 Å². The summed E-state index contributed by atoms with van der Waals surface area (Å²) < 4.78 is 0. The lowest BCUT2D eigenvalue weighted by atomic mass is 10.0. The summed E-state index contributed by atoms with van der Waals surface area (Å²) in [6, 6.07) is 10.4. The van der Waals surface area contributed by atoms with E-state index in [1.807, 2.05) is 13.0 Å². The molecule has 0 aliphatic heterocycles. The lowest BCUT2D eigenvalue weighted by Crippen LogP contribution is -2.26. The van der Waals surface area contributed by atoms with Crippen LogP contribution in [0.2, 0.25) is 0 Å². The van der Waals surface area contributed by atoms with E-state index in [2.05, 4.69) is 31.2 Å². The van der Waals surface area contributed by atoms with Gasteiger partial charge in [0.2, 0.25) is 0 Å². The first-order chi connectivity index (χ1) is 7.14. The van der Waals surface area contributed by atoms with Gasteiger partial charge in [-0.25, -0.2) is 0 Å². The molecule has 0 heterocycles. The minimum Gasteiger partial charge on any atom is -0.389 e. The maximum atomic E-state index is 9.97. The Bertz CT molecular complexity index is 269. The third-order valence-corrected chi connectivity index (χ3v) is 3.68. The number of aliphatic hydroxyl groups is 1. The molecule has 0 saturated heterocycles. The van der Waals surface area contributed by atoms with Crippen molar-refractivity contribution in [3.05, 3.63) is 35.9 Å². The highest BCUT2D eigenvalue weighted by atomic mass is 32.2. The maximum Gasteiger partial charge on any atom is 0.0709 e. The van der Waals surface area contributed by atoms with Gasteiger partial charge in [-0.1, -0.05) is 43.7 Å². The Balaban J connectivity index is 2.27. The van der Waals surface area contributed by atoms with Gasteiger partial charge in [-0.15, -0.1) is 0 Å². The molecule has 0 spiro atoms. The van der Waals surface area contributed by atoms with Crippen LogP contribution in [-0.4, -0.2) is 16.5 Å². The molecule has 0 bridgehead atoms. The largest absolute Gasteiger partial charge is 0.389 e. The summed E-state index contributed by atoms with van der Waals surface area (Å²) in [5, 5.41) is 9.97. The highest BCUT2D eigenvalue weighted by Crippen LogP contribution is 2.21. The van der Waals surface area contributed by atoms with Gasteiger partial charge >= 0.3 is 0 Å². The van der Waals surface area contributed by atoms with Gasteiger partial charge in [-0.3, -0.25) is 0 Å². The molecule has 0 fully saturated rings. The Kier molecular flexibility index (Phi) is 5.20. The minimum absolute atomic E-state index is 0.506. The van der Waals surface area contributed by atoms with E-state index in [1.165, 1.54) is 5.56 Å². The molecule has 1 aromatic rings. The molecule has 0 aromatic heterocycles. The van der Waals surface area contributed by atoms with E-state index in [1.54, 1.807) is 11.8 Å². The van der Waals surface area contributed by atoms with Crippen molar-refractivity contribution in [2.45, 2.75) is 38.0 Å². The van der Waals surface area contributed by atoms with Crippen LogP contribution in [0.25, 0.3) is 0 Å². The summed E-state index contributed by atoms with van der Waals surface area (Å²) in [6.45, 7) is 4.03. The van der Waals surface area contributed by atoms with Crippen molar-refractivity contribution < 1.29 is 5.11 Å². The molecule has 0 radical (unpaired) electrons. The molecule has 1 N–H and O–H groups in total. The van der Waals surface area contributed by atoms with Gasteiger partial charge in [-0.2, -0.15) is 11.8 Å². The molecule has 15 heavy (non-hydrogen) atoms. The van der Waals surface area contributed by atoms with Crippen molar-refractivity contribution >= 4 is 11.8 Å². The third kappa shape index (κ3) is 5.24. The van der Waals surface area contributed by atoms with E-state index in [9.17, 15) is 5.11 Å². The zero-order chi connectivity index (χ0) is 11.1. The molecular weight excluding hydrogens is 204 g/mol. The lowest BCUT2D eigenvalue weighted by molar-refractivity contribution is 0.0753. The summed E-state index contributed by atoms with van der Waals surface area (Å²) in [5.41, 5.74) is 0.823. The van der Waals surface area contributed by atoms with Gasteiger partial charge in [0.15, 0.2) is 0 Å². The number of rotatable bonds is 6. The second kappa shape index (κ2) is 6.19. The van der Waals surface area contributed by atoms with E-state index >= 15 is 0 Å². The van der Waals surface area contributed by atoms with Gasteiger partial charge in [-0.05, 0) is 18.9 Å². The van der Waals surface area contributed by atoms with Crippen LogP contribution in [-0.2, 0) is 5.75 Å². The average Bonchev–Trinajstić information content (AvgIpc) is 2.19. The van der Waals surface area contributed by atoms with E-state index in [0.29, 0.717) is 0 Å². The fourth-order valence-electron chi connectivity index (χ4n) is 1.57. The third-order valence-electron chi connectivity index (χ3n) is 2.31. The molecule has 1 unspecified atom stereocenters. The number of thioether (sulfide) groups is 1. The summed E-state index contributed by atoms with van der Waals surface area (Å²) >= 11 is 1.80. The maximum absolute atomic E-state index is 9.97. The fraction of sp³-hybridized carbons (Fsp3) is 0.538. The van der Waals surface area contributed by atoms with Gasteiger partial charge in [0.25, 0.3) is 0 Å². The molecule has 1 aromatic carbocycles. The highest BCUT2D eigenvalue weighted by Gasteiger charge is 2.18. The molecule has 0 amide bonds. The molecular formula is C13H20OS. The molecule has 2 heteroatoms. The van der Waals surface area contributed by atoms with Crippen LogP contribution in [0.3, 0.4) is 0 Å². The second-order valence-corrected chi connectivity index (χ2v) is 5.21. The lowest BCUT2D eigenvalue weighted by Gasteiger charge is -2.21. The zero-order valence-corrected chi connectivity index (χ0v) is 10.4. The van der Waals surface area contributed by atoms with Crippen LogP contribution >= 0.6 is 11.8 Å². The molecule has 0 aliphatic carbocycles. The van der Waals surface area contributed by atoms with Gasteiger partial charge in [0.05, 0.1) is 5.60 Å². The van der Waals surface area contributed by atoms with Gasteiger partial charge < -0.3 is 5.11 Å². The minimum atomic E-state index is -0.506. The Morgan fingerprint density at radius 1 is 1.27 bits per heavy atom. The SMILES string of the molecule is CCCC(C)(O)CSCc1ccccc1. The summed E-state index contributed by atoms with van der Waals surface area (Å²) in [7, 11) is 0. The first-order valence-corrected chi connectivity index (χ1v) is 6.63. The number of hydrogen-bond donors (Lipinski definition) is 1. The quantitative estimate of drug-likeness (QED) is 0.798. The smallest absolute Gasteiger partial charge is 0.0709 e. The standard InChI is InChI=1S/C13H20OS/c1-3-9-13(2,14)11-15-10-12-7-5-4-6-8-12/h4-8,14H,3,9-11H2,1-2H3. The summed E-state index contributed by atoms with van der Waals surface area (Å²) in [5.74, 6) is 1.80. The monoisotopic (exact) mass is 224 g/mol. The van der Waals surface area contributed by atoms with Crippen molar-refractivity contribution in [1.29, 1.82) is 0 Å². The van der Waals surface area contributed by atoms with E-state index < -0.39 is 5.60 Å². The Morgan fingerprint density at radius 2 is 1.93 bits per heavy atom. The Morgan fingerprint density at radius 3 is 2.53 bits per heavy atom. The van der Waals surface area contributed by atoms with E-state index in [0.717, 1.165) is 24.3 Å². The first kappa shape index (κ1) is 12.6. The molecule has 1 atom stereocenters. The Hall–Kier alpha value is -0.470. The first-order valence-electron chi connectivity index (χ1n) is 5.48. The van der Waals surface area contributed by atoms with Crippen LogP contribution in [0.1, 0.15) is 32.3 Å². The summed E-state index contributed by atoms with van der Waals surface area (Å²) in [4.78, 5) is 0. The van der Waals surface area contributed by atoms with E-state index in [4.69, 9.17) is 0 Å². The highest BCUT2D eigenvalue weighted by molar-refractivity contribution is 7.98. The predicted octanol–water partition coefficient (Wildman–Crippen LogP) is 3.47. The van der Waals surface area contributed by atoms with Crippen LogP contribution in [0, 0.1) is 0 Å². The van der Waals surface area contributed by atoms with Crippen molar-refractivity contribution in [1.82, 2.24) is 0 Å². The molecule has 84 valence electrons. The van der Waals surface area contributed by atoms with Gasteiger partial charge in [0.1, 0.15) is 0 Å². The fourth-order valence-corrected chi connectivity index (χ4v) is 2.69. The summed E-state index contributed by atoms with van der Waals surface area (Å²) in [6.07, 6.45) is 1.92. The van der Waals surface area contributed by atoms with Crippen LogP contribution in [0.4, 0.5) is 0 Å². The van der Waals surface area contributed by atoms with Gasteiger partial charge in [0, 0.05) is 11.5 Å². The predicted molar refractivity (Wildman–Crippen MR) is 68.1 cm³/mol. The van der Waals surface area contributed by atoms with Crippen LogP contribution in [0.15, 0.2) is 30.3 Å². The molecule has 0 saturated carbocycles. The number of benzene rings is 1. The normalized spacial score (nSPS) is 14.9. The van der Waals surface area contributed by atoms with Crippen molar-refractivity contribution in [3.63, 3.8) is 0 Å². The number of hydrogen-bond acceptors (Lipinski definition) is 2. The van der Waals surface area contributed by atoms with Crippen LogP contribution < -0.4 is 0 Å². The van der Waals surface area contributed by atoms with Crippen LogP contribution in [0.5, 0.6) is 0 Å². The molecule has 1 rings (SSSR count). The topological polar surface area (TPSA) is 20.2 Å². The van der Waals surface area contributed by atoms with Crippen molar-refractivity contribution in [2.24, 2.45) is 0 Å². The van der Waals surface area contributed by atoms with Crippen molar-refractivity contribution in [2.75, 3.05) is 5.75 Å². The molecule has 1 nitrogen and oxygen atoms in total. The second-order valence-electron chi connectivity index (χ2n) is 4.23. The Labute approximate surface area is 96.9 Å². The zero-order valence-electron chi connectivity index (χ0n) is 9.57. The molecule has 0 aliphatic rings. The van der Waals surface area contributed by atoms with E-state index in [-0.39, 0.29) is 0 Å².